The minimum Gasteiger partial charge on any atom is -0.437 e. The Morgan fingerprint density at radius 1 is 1.10 bits per heavy atom. The van der Waals surface area contributed by atoms with Gasteiger partial charge in [0.25, 0.3) is 0 Å². The van der Waals surface area contributed by atoms with Gasteiger partial charge in [0.15, 0.2) is 6.29 Å². The molecular weight excluding hydrogens is 280 g/mol. The summed E-state index contributed by atoms with van der Waals surface area (Å²) in [6.07, 6.45) is -0.197. The molecule has 20 heavy (non-hydrogen) atoms. The van der Waals surface area contributed by atoms with E-state index in [-0.39, 0.29) is 12.2 Å². The minimum atomic E-state index is -2.83. The van der Waals surface area contributed by atoms with Crippen LogP contribution in [0.2, 0.25) is 6.04 Å². The van der Waals surface area contributed by atoms with Gasteiger partial charge in [-0.05, 0) is 27.7 Å². The fraction of sp³-hybridized carbons (Fsp3) is 0.846. The molecule has 7 heteroatoms. The van der Waals surface area contributed by atoms with Gasteiger partial charge in [-0.25, -0.2) is 0 Å². The lowest BCUT2D eigenvalue weighted by atomic mass is 10.3. The predicted molar refractivity (Wildman–Crippen MR) is 76.0 cm³/mol. The number of ketones is 1. The van der Waals surface area contributed by atoms with E-state index in [1.807, 2.05) is 20.8 Å². The number of rotatable bonds is 11. The van der Waals surface area contributed by atoms with Gasteiger partial charge in [0.05, 0.1) is 0 Å². The Morgan fingerprint density at radius 2 is 1.65 bits per heavy atom. The zero-order valence-corrected chi connectivity index (χ0v) is 14.1. The summed E-state index contributed by atoms with van der Waals surface area (Å²) in [6, 6.07) is 0.656. The summed E-state index contributed by atoms with van der Waals surface area (Å²) in [5.74, 6) is -0.841. The van der Waals surface area contributed by atoms with Gasteiger partial charge in [0.1, 0.15) is 12.2 Å². The molecule has 0 aliphatic carbocycles. The second kappa shape index (κ2) is 10.0. The Morgan fingerprint density at radius 3 is 2.05 bits per heavy atom. The Hall–Kier alpha value is -0.763. The molecule has 0 aromatic heterocycles. The number of ether oxygens (including phenoxy) is 1. The Labute approximate surface area is 122 Å². The zero-order valence-electron chi connectivity index (χ0n) is 13.1. The molecule has 0 N–H and O–H groups in total. The molecule has 0 amide bonds. The van der Waals surface area contributed by atoms with Crippen molar-refractivity contribution in [2.45, 2.75) is 59.8 Å². The summed E-state index contributed by atoms with van der Waals surface area (Å²) >= 11 is 0. The van der Waals surface area contributed by atoms with Crippen molar-refractivity contribution in [3.05, 3.63) is 0 Å². The molecule has 1 atom stereocenters. The maximum absolute atomic E-state index is 11.4. The third kappa shape index (κ3) is 7.74. The fourth-order valence-electron chi connectivity index (χ4n) is 1.77. The second-order valence-electron chi connectivity index (χ2n) is 4.35. The van der Waals surface area contributed by atoms with Crippen LogP contribution in [0.1, 0.15) is 47.5 Å². The Bertz CT molecular complexity index is 290. The molecule has 0 aromatic rings. The standard InChI is InChI=1S/C13H26O6Si/c1-6-9-20(16-7-2,17-8-3)19-12(5)18-13(15)10-11(4)14/h12H,6-10H2,1-5H3. The number of hydrogen-bond donors (Lipinski definition) is 0. The van der Waals surface area contributed by atoms with Crippen LogP contribution in [0.5, 0.6) is 0 Å². The lowest BCUT2D eigenvalue weighted by Crippen LogP contribution is -2.48. The van der Waals surface area contributed by atoms with Crippen LogP contribution < -0.4 is 0 Å². The van der Waals surface area contributed by atoms with E-state index < -0.39 is 21.1 Å². The van der Waals surface area contributed by atoms with Crippen molar-refractivity contribution in [2.24, 2.45) is 0 Å². The molecule has 0 saturated heterocycles. The van der Waals surface area contributed by atoms with Crippen LogP contribution in [0.3, 0.4) is 0 Å². The van der Waals surface area contributed by atoms with Gasteiger partial charge < -0.3 is 18.0 Å². The van der Waals surface area contributed by atoms with Crippen molar-refractivity contribution in [3.8, 4) is 0 Å². The molecule has 0 aliphatic heterocycles. The Kier molecular flexibility index (Phi) is 9.65. The molecule has 0 saturated carbocycles. The van der Waals surface area contributed by atoms with Crippen LogP contribution in [0.25, 0.3) is 0 Å². The summed E-state index contributed by atoms with van der Waals surface area (Å²) in [5, 5.41) is 0. The first-order chi connectivity index (χ1) is 9.39. The van der Waals surface area contributed by atoms with Gasteiger partial charge in [-0.1, -0.05) is 13.3 Å². The van der Waals surface area contributed by atoms with Crippen LogP contribution >= 0.6 is 0 Å². The predicted octanol–water partition coefficient (Wildman–Crippen LogP) is 2.29. The van der Waals surface area contributed by atoms with Crippen molar-refractivity contribution in [1.82, 2.24) is 0 Å². The first-order valence-electron chi connectivity index (χ1n) is 7.03. The van der Waals surface area contributed by atoms with Crippen molar-refractivity contribution < 1.29 is 27.6 Å². The van der Waals surface area contributed by atoms with Gasteiger partial charge in [0.2, 0.25) is 0 Å². The van der Waals surface area contributed by atoms with Crippen molar-refractivity contribution in [3.63, 3.8) is 0 Å². The lowest BCUT2D eigenvalue weighted by molar-refractivity contribution is -0.167. The number of Topliss-reactive ketones (excluding diaryl/α,β-unsaturated/α-hetero) is 1. The molecule has 0 spiro atoms. The van der Waals surface area contributed by atoms with Crippen LogP contribution in [0.4, 0.5) is 0 Å². The molecule has 1 unspecified atom stereocenters. The van der Waals surface area contributed by atoms with E-state index in [0.29, 0.717) is 19.3 Å². The molecule has 0 bridgehead atoms. The van der Waals surface area contributed by atoms with Gasteiger partial charge in [-0.2, -0.15) is 0 Å². The van der Waals surface area contributed by atoms with Crippen molar-refractivity contribution in [2.75, 3.05) is 13.2 Å². The number of hydrogen-bond acceptors (Lipinski definition) is 6. The van der Waals surface area contributed by atoms with Gasteiger partial charge in [0, 0.05) is 19.3 Å². The number of carbonyl (C=O) groups is 2. The van der Waals surface area contributed by atoms with Gasteiger partial charge in [-0.3, -0.25) is 9.59 Å². The average Bonchev–Trinajstić information content (AvgIpc) is 2.27. The third-order valence-corrected chi connectivity index (χ3v) is 5.58. The smallest absolute Gasteiger partial charge is 0.437 e. The normalized spacial score (nSPS) is 13.1. The SMILES string of the molecule is CCC[Si](OCC)(OCC)OC(C)OC(=O)CC(C)=O. The van der Waals surface area contributed by atoms with E-state index >= 15 is 0 Å². The van der Waals surface area contributed by atoms with Crippen LogP contribution in [0.15, 0.2) is 0 Å². The van der Waals surface area contributed by atoms with Crippen molar-refractivity contribution >= 4 is 20.6 Å². The second-order valence-corrected chi connectivity index (χ2v) is 7.03. The molecule has 0 aromatic carbocycles. The van der Waals surface area contributed by atoms with E-state index in [0.717, 1.165) is 6.42 Å². The highest BCUT2D eigenvalue weighted by Gasteiger charge is 2.42. The number of carbonyl (C=O) groups excluding carboxylic acids is 2. The fourth-order valence-corrected chi connectivity index (χ4v) is 4.44. The van der Waals surface area contributed by atoms with E-state index in [9.17, 15) is 9.59 Å². The first kappa shape index (κ1) is 19.2. The molecule has 0 radical (unpaired) electrons. The topological polar surface area (TPSA) is 71.1 Å². The minimum absolute atomic E-state index is 0.242. The largest absolute Gasteiger partial charge is 0.503 e. The van der Waals surface area contributed by atoms with E-state index in [1.54, 1.807) is 6.92 Å². The zero-order chi connectivity index (χ0) is 15.6. The molecular formula is C13H26O6Si. The average molecular weight is 306 g/mol. The van der Waals surface area contributed by atoms with Gasteiger partial charge >= 0.3 is 14.8 Å². The highest BCUT2D eigenvalue weighted by atomic mass is 28.4. The van der Waals surface area contributed by atoms with Crippen LogP contribution in [-0.2, 0) is 27.6 Å². The molecule has 0 fully saturated rings. The van der Waals surface area contributed by atoms with Crippen molar-refractivity contribution in [1.29, 1.82) is 0 Å². The van der Waals surface area contributed by atoms with Crippen LogP contribution in [0, 0.1) is 0 Å². The van der Waals surface area contributed by atoms with E-state index in [1.165, 1.54) is 6.92 Å². The van der Waals surface area contributed by atoms with E-state index in [4.69, 9.17) is 18.0 Å². The summed E-state index contributed by atoms with van der Waals surface area (Å²) in [5.41, 5.74) is 0. The summed E-state index contributed by atoms with van der Waals surface area (Å²) in [4.78, 5) is 22.3. The first-order valence-corrected chi connectivity index (χ1v) is 8.96. The molecule has 6 nitrogen and oxygen atoms in total. The van der Waals surface area contributed by atoms with Gasteiger partial charge in [-0.15, -0.1) is 0 Å². The summed E-state index contributed by atoms with van der Waals surface area (Å²) in [6.45, 7) is 9.63. The number of esters is 1. The van der Waals surface area contributed by atoms with E-state index in [2.05, 4.69) is 0 Å². The highest BCUT2D eigenvalue weighted by Crippen LogP contribution is 2.20. The highest BCUT2D eigenvalue weighted by molar-refractivity contribution is 6.60. The molecule has 0 rings (SSSR count). The Balaban J connectivity index is 4.61. The third-order valence-electron chi connectivity index (χ3n) is 2.32. The lowest BCUT2D eigenvalue weighted by Gasteiger charge is -2.31. The monoisotopic (exact) mass is 306 g/mol. The molecule has 118 valence electrons. The maximum Gasteiger partial charge on any atom is 0.503 e. The summed E-state index contributed by atoms with van der Waals surface area (Å²) < 4.78 is 22.2. The molecule has 0 heterocycles. The molecule has 0 aliphatic rings. The maximum atomic E-state index is 11.4. The quantitative estimate of drug-likeness (QED) is 0.252. The van der Waals surface area contributed by atoms with Crippen LogP contribution in [-0.4, -0.2) is 40.1 Å². The summed E-state index contributed by atoms with van der Waals surface area (Å²) in [7, 11) is -2.83.